The number of amides is 1. The molecule has 80 valence electrons. The second kappa shape index (κ2) is 3.49. The van der Waals surface area contributed by atoms with E-state index in [0.717, 1.165) is 6.07 Å². The predicted molar refractivity (Wildman–Crippen MR) is 48.9 cm³/mol. The summed E-state index contributed by atoms with van der Waals surface area (Å²) in [5.41, 5.74) is 0.0750. The summed E-state index contributed by atoms with van der Waals surface area (Å²) in [6, 6.07) is 1.02. The van der Waals surface area contributed by atoms with Crippen LogP contribution in [0.15, 0.2) is 6.07 Å². The molecule has 1 aromatic rings. The summed E-state index contributed by atoms with van der Waals surface area (Å²) in [5, 5.41) is 2.43. The number of carbonyl (C=O) groups is 1. The van der Waals surface area contributed by atoms with Gasteiger partial charge in [-0.05, 0) is 18.6 Å². The van der Waals surface area contributed by atoms with Gasteiger partial charge >= 0.3 is 0 Å². The lowest BCUT2D eigenvalue weighted by molar-refractivity contribution is 0.0952. The van der Waals surface area contributed by atoms with E-state index in [1.54, 1.807) is 6.92 Å². The Morgan fingerprint density at radius 2 is 2.20 bits per heavy atom. The van der Waals surface area contributed by atoms with E-state index in [9.17, 15) is 13.6 Å². The highest BCUT2D eigenvalue weighted by molar-refractivity contribution is 5.98. The van der Waals surface area contributed by atoms with Gasteiger partial charge in [0, 0.05) is 0 Å². The molecule has 5 heteroatoms. The van der Waals surface area contributed by atoms with Crippen LogP contribution in [0.4, 0.5) is 8.78 Å². The van der Waals surface area contributed by atoms with E-state index in [-0.39, 0.29) is 24.5 Å². The molecular formula is C10H9F2NO2. The molecule has 0 aliphatic carbocycles. The van der Waals surface area contributed by atoms with Gasteiger partial charge in [-0.2, -0.15) is 0 Å². The van der Waals surface area contributed by atoms with Gasteiger partial charge in [0.15, 0.2) is 11.6 Å². The van der Waals surface area contributed by atoms with E-state index in [1.807, 2.05) is 0 Å². The van der Waals surface area contributed by atoms with Gasteiger partial charge < -0.3 is 10.1 Å². The third kappa shape index (κ3) is 1.54. The molecule has 1 aliphatic heterocycles. The van der Waals surface area contributed by atoms with Crippen molar-refractivity contribution in [3.05, 3.63) is 28.8 Å². The summed E-state index contributed by atoms with van der Waals surface area (Å²) < 4.78 is 31.6. The van der Waals surface area contributed by atoms with Crippen molar-refractivity contribution in [1.82, 2.24) is 5.32 Å². The molecule has 2 rings (SSSR count). The first kappa shape index (κ1) is 9.89. The molecule has 0 aromatic heterocycles. The molecule has 1 heterocycles. The molecule has 0 saturated heterocycles. The van der Waals surface area contributed by atoms with Gasteiger partial charge in [-0.25, -0.2) is 8.78 Å². The minimum atomic E-state index is -1.16. The number of hydrogen-bond donors (Lipinski definition) is 1. The summed E-state index contributed by atoms with van der Waals surface area (Å²) in [6.07, 6.45) is 0. The van der Waals surface area contributed by atoms with Gasteiger partial charge in [0.1, 0.15) is 17.9 Å². The molecule has 0 saturated carbocycles. The van der Waals surface area contributed by atoms with Crippen LogP contribution in [0.5, 0.6) is 5.75 Å². The van der Waals surface area contributed by atoms with Crippen LogP contribution < -0.4 is 10.1 Å². The SMILES string of the molecule is Cc1cc(F)c(F)c2c1OCCNC2=O. The summed E-state index contributed by atoms with van der Waals surface area (Å²) >= 11 is 0. The summed E-state index contributed by atoms with van der Waals surface area (Å²) in [6.45, 7) is 2.11. The summed E-state index contributed by atoms with van der Waals surface area (Å²) in [5.74, 6) is -2.70. The fraction of sp³-hybridized carbons (Fsp3) is 0.300. The molecule has 1 N–H and O–H groups in total. The van der Waals surface area contributed by atoms with Crippen molar-refractivity contribution < 1.29 is 18.3 Å². The van der Waals surface area contributed by atoms with Crippen molar-refractivity contribution in [2.24, 2.45) is 0 Å². The number of hydrogen-bond acceptors (Lipinski definition) is 2. The van der Waals surface area contributed by atoms with Gasteiger partial charge in [-0.1, -0.05) is 0 Å². The Balaban J connectivity index is 2.69. The largest absolute Gasteiger partial charge is 0.491 e. The maximum atomic E-state index is 13.4. The maximum Gasteiger partial charge on any atom is 0.258 e. The number of aryl methyl sites for hydroxylation is 1. The van der Waals surface area contributed by atoms with Gasteiger partial charge in [-0.15, -0.1) is 0 Å². The number of halogens is 2. The summed E-state index contributed by atoms with van der Waals surface area (Å²) in [7, 11) is 0. The highest BCUT2D eigenvalue weighted by atomic mass is 19.2. The van der Waals surface area contributed by atoms with Crippen molar-refractivity contribution >= 4 is 5.91 Å². The molecular weight excluding hydrogens is 204 g/mol. The monoisotopic (exact) mass is 213 g/mol. The highest BCUT2D eigenvalue weighted by Gasteiger charge is 2.25. The first-order chi connectivity index (χ1) is 7.11. The zero-order chi connectivity index (χ0) is 11.0. The molecule has 0 fully saturated rings. The first-order valence-corrected chi connectivity index (χ1v) is 4.51. The Morgan fingerprint density at radius 1 is 1.47 bits per heavy atom. The van der Waals surface area contributed by atoms with Gasteiger partial charge in [-0.3, -0.25) is 4.79 Å². The fourth-order valence-electron chi connectivity index (χ4n) is 1.53. The molecule has 1 amide bonds. The van der Waals surface area contributed by atoms with Crippen LogP contribution in [-0.2, 0) is 0 Å². The molecule has 0 bridgehead atoms. The van der Waals surface area contributed by atoms with Crippen LogP contribution in [0.1, 0.15) is 15.9 Å². The number of rotatable bonds is 0. The number of fused-ring (bicyclic) bond motifs is 1. The van der Waals surface area contributed by atoms with Crippen LogP contribution in [0, 0.1) is 18.6 Å². The van der Waals surface area contributed by atoms with E-state index in [0.29, 0.717) is 5.56 Å². The van der Waals surface area contributed by atoms with E-state index in [1.165, 1.54) is 0 Å². The number of nitrogens with one attached hydrogen (secondary N) is 1. The van der Waals surface area contributed by atoms with Crippen molar-refractivity contribution in [2.45, 2.75) is 6.92 Å². The molecule has 0 atom stereocenters. The third-order valence-electron chi connectivity index (χ3n) is 2.22. The normalized spacial score (nSPS) is 15.0. The second-order valence-corrected chi connectivity index (χ2v) is 3.30. The van der Waals surface area contributed by atoms with Crippen LogP contribution >= 0.6 is 0 Å². The zero-order valence-corrected chi connectivity index (χ0v) is 8.06. The number of carbonyl (C=O) groups excluding carboxylic acids is 1. The lowest BCUT2D eigenvalue weighted by Gasteiger charge is -2.09. The average molecular weight is 213 g/mol. The molecule has 0 unspecified atom stereocenters. The second-order valence-electron chi connectivity index (χ2n) is 3.30. The average Bonchev–Trinajstić information content (AvgIpc) is 2.37. The molecule has 15 heavy (non-hydrogen) atoms. The topological polar surface area (TPSA) is 38.3 Å². The molecule has 0 radical (unpaired) electrons. The van der Waals surface area contributed by atoms with Gasteiger partial charge in [0.05, 0.1) is 6.54 Å². The Kier molecular flexibility index (Phi) is 2.30. The van der Waals surface area contributed by atoms with E-state index < -0.39 is 17.5 Å². The quantitative estimate of drug-likeness (QED) is 0.707. The number of ether oxygens (including phenoxy) is 1. The standard InChI is InChI=1S/C10H9F2NO2/c1-5-4-6(11)8(12)7-9(5)15-3-2-13-10(7)14/h4H,2-3H2,1H3,(H,13,14). The van der Waals surface area contributed by atoms with Crippen molar-refractivity contribution in [1.29, 1.82) is 0 Å². The smallest absolute Gasteiger partial charge is 0.258 e. The van der Waals surface area contributed by atoms with E-state index in [2.05, 4.69) is 5.32 Å². The fourth-order valence-corrected chi connectivity index (χ4v) is 1.53. The molecule has 1 aromatic carbocycles. The van der Waals surface area contributed by atoms with Gasteiger partial charge in [0.2, 0.25) is 0 Å². The van der Waals surface area contributed by atoms with Gasteiger partial charge in [0.25, 0.3) is 5.91 Å². The molecule has 0 spiro atoms. The number of benzene rings is 1. The minimum absolute atomic E-state index is 0.129. The van der Waals surface area contributed by atoms with Crippen LogP contribution in [0.2, 0.25) is 0 Å². The van der Waals surface area contributed by atoms with E-state index >= 15 is 0 Å². The Labute approximate surface area is 85.0 Å². The van der Waals surface area contributed by atoms with Crippen LogP contribution in [0.3, 0.4) is 0 Å². The molecule has 1 aliphatic rings. The Hall–Kier alpha value is -1.65. The van der Waals surface area contributed by atoms with E-state index in [4.69, 9.17) is 4.74 Å². The highest BCUT2D eigenvalue weighted by Crippen LogP contribution is 2.29. The maximum absolute atomic E-state index is 13.4. The summed E-state index contributed by atoms with van der Waals surface area (Å²) in [4.78, 5) is 11.4. The van der Waals surface area contributed by atoms with Crippen molar-refractivity contribution in [2.75, 3.05) is 13.2 Å². The Bertz CT molecular complexity index is 432. The third-order valence-corrected chi connectivity index (χ3v) is 2.22. The predicted octanol–water partition coefficient (Wildman–Crippen LogP) is 1.40. The Morgan fingerprint density at radius 3 is 2.93 bits per heavy atom. The van der Waals surface area contributed by atoms with Crippen molar-refractivity contribution in [3.8, 4) is 5.75 Å². The minimum Gasteiger partial charge on any atom is -0.491 e. The first-order valence-electron chi connectivity index (χ1n) is 4.51. The van der Waals surface area contributed by atoms with Crippen LogP contribution in [0.25, 0.3) is 0 Å². The lowest BCUT2D eigenvalue weighted by atomic mass is 10.1. The zero-order valence-electron chi connectivity index (χ0n) is 8.06. The lowest BCUT2D eigenvalue weighted by Crippen LogP contribution is -2.25. The van der Waals surface area contributed by atoms with Crippen LogP contribution in [-0.4, -0.2) is 19.1 Å². The molecule has 3 nitrogen and oxygen atoms in total. The van der Waals surface area contributed by atoms with Crippen molar-refractivity contribution in [3.63, 3.8) is 0 Å².